The van der Waals surface area contributed by atoms with Crippen molar-refractivity contribution >= 4 is 0 Å². The fourth-order valence-corrected chi connectivity index (χ4v) is 1.55. The van der Waals surface area contributed by atoms with Gasteiger partial charge in [-0.15, -0.1) is 0 Å². The number of hydrogen-bond donors (Lipinski definition) is 0. The van der Waals surface area contributed by atoms with Gasteiger partial charge in [0.05, 0.1) is 12.2 Å². The molecule has 17 heavy (non-hydrogen) atoms. The van der Waals surface area contributed by atoms with E-state index in [1.54, 1.807) is 0 Å². The van der Waals surface area contributed by atoms with Gasteiger partial charge in [-0.25, -0.2) is 0 Å². The maximum atomic E-state index is 9.07. The van der Waals surface area contributed by atoms with Gasteiger partial charge < -0.3 is 4.74 Å². The first-order valence-corrected chi connectivity index (χ1v) is 6.97. The van der Waals surface area contributed by atoms with Crippen LogP contribution in [0.5, 0.6) is 0 Å². The second-order valence-corrected chi connectivity index (χ2v) is 5.96. The highest BCUT2D eigenvalue weighted by Crippen LogP contribution is 2.24. The normalized spacial score (nSPS) is 15.3. The van der Waals surface area contributed by atoms with Crippen molar-refractivity contribution in [1.29, 1.82) is 5.26 Å². The van der Waals surface area contributed by atoms with Crippen LogP contribution in [0.15, 0.2) is 0 Å². The third kappa shape index (κ3) is 8.21. The second kappa shape index (κ2) is 8.53. The number of ether oxygens (including phenoxy) is 1. The summed E-state index contributed by atoms with van der Waals surface area (Å²) in [6.45, 7) is 10.7. The third-order valence-corrected chi connectivity index (χ3v) is 3.30. The molecule has 0 aliphatic rings. The van der Waals surface area contributed by atoms with Gasteiger partial charge in [0.25, 0.3) is 0 Å². The number of rotatable bonds is 8. The number of nitrogens with zero attached hydrogens (tertiary/aromatic N) is 1. The van der Waals surface area contributed by atoms with Gasteiger partial charge in [0.2, 0.25) is 0 Å². The van der Waals surface area contributed by atoms with Crippen LogP contribution < -0.4 is 0 Å². The molecule has 0 aromatic rings. The summed E-state index contributed by atoms with van der Waals surface area (Å²) in [6.07, 6.45) is 6.95. The lowest BCUT2D eigenvalue weighted by Gasteiger charge is -2.29. The van der Waals surface area contributed by atoms with Crippen molar-refractivity contribution in [2.24, 2.45) is 5.41 Å². The molecule has 0 aliphatic carbocycles. The van der Waals surface area contributed by atoms with Crippen molar-refractivity contribution in [2.75, 3.05) is 0 Å². The molecule has 0 bridgehead atoms. The van der Waals surface area contributed by atoms with Crippen molar-refractivity contribution in [1.82, 2.24) is 0 Å². The lowest BCUT2D eigenvalue weighted by atomic mass is 9.90. The van der Waals surface area contributed by atoms with E-state index in [4.69, 9.17) is 10.00 Å². The minimum Gasteiger partial charge on any atom is -0.360 e. The molecule has 0 spiro atoms. The van der Waals surface area contributed by atoms with E-state index in [1.807, 2.05) is 0 Å². The Kier molecular flexibility index (Phi) is 8.25. The Morgan fingerprint density at radius 2 is 1.71 bits per heavy atom. The Bertz CT molecular complexity index is 224. The molecule has 0 fully saturated rings. The van der Waals surface area contributed by atoms with Gasteiger partial charge in [0.1, 0.15) is 6.10 Å². The molecule has 0 aromatic heterocycles. The molecule has 2 heteroatoms. The van der Waals surface area contributed by atoms with Crippen LogP contribution in [0, 0.1) is 16.7 Å². The first-order valence-electron chi connectivity index (χ1n) is 6.97. The Hall–Kier alpha value is -0.550. The van der Waals surface area contributed by atoms with Crippen LogP contribution in [0.1, 0.15) is 73.1 Å². The van der Waals surface area contributed by atoms with Crippen LogP contribution in [0.2, 0.25) is 0 Å². The second-order valence-electron chi connectivity index (χ2n) is 5.96. The molecule has 0 radical (unpaired) electrons. The van der Waals surface area contributed by atoms with Gasteiger partial charge in [0, 0.05) is 0 Å². The van der Waals surface area contributed by atoms with Crippen molar-refractivity contribution in [2.45, 2.75) is 85.4 Å². The quantitative estimate of drug-likeness (QED) is 0.576. The summed E-state index contributed by atoms with van der Waals surface area (Å²) in [5.41, 5.74) is 0.108. The predicted molar refractivity (Wildman–Crippen MR) is 72.8 cm³/mol. The molecule has 0 amide bonds. The molecular weight excluding hydrogens is 210 g/mol. The van der Waals surface area contributed by atoms with Crippen molar-refractivity contribution in [3.05, 3.63) is 0 Å². The van der Waals surface area contributed by atoms with Crippen molar-refractivity contribution in [3.8, 4) is 6.07 Å². The maximum Gasteiger partial charge on any atom is 0.144 e. The SMILES string of the molecule is CCCCCCCC(C#N)OC(C)C(C)(C)C. The first kappa shape index (κ1) is 16.4. The van der Waals surface area contributed by atoms with E-state index in [9.17, 15) is 0 Å². The first-order chi connectivity index (χ1) is 7.91. The maximum absolute atomic E-state index is 9.07. The average Bonchev–Trinajstić information content (AvgIpc) is 2.25. The lowest BCUT2D eigenvalue weighted by molar-refractivity contribution is -0.0362. The van der Waals surface area contributed by atoms with E-state index in [1.165, 1.54) is 25.7 Å². The molecule has 0 saturated heterocycles. The summed E-state index contributed by atoms with van der Waals surface area (Å²) >= 11 is 0. The zero-order valence-corrected chi connectivity index (χ0v) is 12.3. The molecule has 0 aromatic carbocycles. The van der Waals surface area contributed by atoms with Crippen LogP contribution in [0.3, 0.4) is 0 Å². The molecule has 100 valence electrons. The van der Waals surface area contributed by atoms with Gasteiger partial charge in [-0.2, -0.15) is 5.26 Å². The van der Waals surface area contributed by atoms with Gasteiger partial charge in [0.15, 0.2) is 0 Å². The van der Waals surface area contributed by atoms with E-state index < -0.39 is 0 Å². The zero-order chi connectivity index (χ0) is 13.3. The number of nitriles is 1. The fourth-order valence-electron chi connectivity index (χ4n) is 1.55. The van der Waals surface area contributed by atoms with E-state index in [0.717, 1.165) is 12.8 Å². The van der Waals surface area contributed by atoms with Gasteiger partial charge in [-0.1, -0.05) is 53.4 Å². The molecule has 0 rings (SSSR count). The monoisotopic (exact) mass is 239 g/mol. The summed E-state index contributed by atoms with van der Waals surface area (Å²) in [6, 6.07) is 2.27. The molecule has 2 nitrogen and oxygen atoms in total. The van der Waals surface area contributed by atoms with Gasteiger partial charge in [-0.05, 0) is 25.2 Å². The van der Waals surface area contributed by atoms with Gasteiger partial charge in [-0.3, -0.25) is 0 Å². The minimum absolute atomic E-state index is 0.108. The van der Waals surface area contributed by atoms with E-state index in [2.05, 4.69) is 40.7 Å². The standard InChI is InChI=1S/C15H29NO/c1-6-7-8-9-10-11-14(12-16)17-13(2)15(3,4)5/h13-14H,6-11H2,1-5H3. The molecule has 0 aliphatic heterocycles. The summed E-state index contributed by atoms with van der Waals surface area (Å²) in [5, 5.41) is 9.07. The Labute approximate surface area is 107 Å². The molecular formula is C15H29NO. The lowest BCUT2D eigenvalue weighted by Crippen LogP contribution is -2.30. The smallest absolute Gasteiger partial charge is 0.144 e. The molecule has 0 saturated carbocycles. The van der Waals surface area contributed by atoms with Crippen LogP contribution in [-0.2, 0) is 4.74 Å². The van der Waals surface area contributed by atoms with E-state index in [-0.39, 0.29) is 17.6 Å². The van der Waals surface area contributed by atoms with Crippen molar-refractivity contribution in [3.63, 3.8) is 0 Å². The highest BCUT2D eigenvalue weighted by molar-refractivity contribution is 4.86. The van der Waals surface area contributed by atoms with Crippen LogP contribution >= 0.6 is 0 Å². The summed E-state index contributed by atoms with van der Waals surface area (Å²) in [5.74, 6) is 0. The Morgan fingerprint density at radius 3 is 2.18 bits per heavy atom. The Morgan fingerprint density at radius 1 is 1.12 bits per heavy atom. The molecule has 2 unspecified atom stereocenters. The summed E-state index contributed by atoms with van der Waals surface area (Å²) < 4.78 is 5.81. The molecule has 0 N–H and O–H groups in total. The highest BCUT2D eigenvalue weighted by Gasteiger charge is 2.23. The largest absolute Gasteiger partial charge is 0.360 e. The number of unbranched alkanes of at least 4 members (excludes halogenated alkanes) is 4. The third-order valence-electron chi connectivity index (χ3n) is 3.30. The van der Waals surface area contributed by atoms with E-state index in [0.29, 0.717) is 0 Å². The highest BCUT2D eigenvalue weighted by atomic mass is 16.5. The van der Waals surface area contributed by atoms with Crippen LogP contribution in [0.4, 0.5) is 0 Å². The summed E-state index contributed by atoms with van der Waals surface area (Å²) in [4.78, 5) is 0. The van der Waals surface area contributed by atoms with Crippen LogP contribution in [-0.4, -0.2) is 12.2 Å². The predicted octanol–water partition coefficient (Wildman–Crippen LogP) is 4.69. The van der Waals surface area contributed by atoms with E-state index >= 15 is 0 Å². The topological polar surface area (TPSA) is 33.0 Å². The van der Waals surface area contributed by atoms with Crippen LogP contribution in [0.25, 0.3) is 0 Å². The van der Waals surface area contributed by atoms with Gasteiger partial charge >= 0.3 is 0 Å². The average molecular weight is 239 g/mol. The zero-order valence-electron chi connectivity index (χ0n) is 12.3. The molecule has 2 atom stereocenters. The number of hydrogen-bond acceptors (Lipinski definition) is 2. The minimum atomic E-state index is -0.231. The Balaban J connectivity index is 3.82. The van der Waals surface area contributed by atoms with Crippen molar-refractivity contribution < 1.29 is 4.74 Å². The molecule has 0 heterocycles. The summed E-state index contributed by atoms with van der Waals surface area (Å²) in [7, 11) is 0. The fraction of sp³-hybridized carbons (Fsp3) is 0.933.